The molecule has 0 aliphatic heterocycles. The lowest BCUT2D eigenvalue weighted by Gasteiger charge is -2.18. The van der Waals surface area contributed by atoms with Crippen molar-refractivity contribution in [3.05, 3.63) is 76.9 Å². The van der Waals surface area contributed by atoms with Crippen molar-refractivity contribution in [1.82, 2.24) is 9.55 Å². The first kappa shape index (κ1) is 22.6. The number of imidazole rings is 1. The van der Waals surface area contributed by atoms with Gasteiger partial charge in [0.1, 0.15) is 17.3 Å². The van der Waals surface area contributed by atoms with Gasteiger partial charge in [0.25, 0.3) is 0 Å². The highest BCUT2D eigenvalue weighted by atomic mass is 16.5. The van der Waals surface area contributed by atoms with Gasteiger partial charge < -0.3 is 18.8 Å². The van der Waals surface area contributed by atoms with Crippen LogP contribution in [-0.2, 0) is 11.8 Å². The summed E-state index contributed by atoms with van der Waals surface area (Å²) in [5, 5.41) is 0. The van der Waals surface area contributed by atoms with E-state index in [1.54, 1.807) is 21.3 Å². The molecule has 2 aromatic carbocycles. The molecule has 3 aromatic rings. The summed E-state index contributed by atoms with van der Waals surface area (Å²) in [7, 11) is 7.20. The SMILES string of the molecule is COCCCC(=C(c1ccc(OC)cc1)c1ccc(OC)cc1)c1nc(C)c(C)n1C. The van der Waals surface area contributed by atoms with Gasteiger partial charge in [-0.25, -0.2) is 4.98 Å². The monoisotopic (exact) mass is 420 g/mol. The Labute approximate surface area is 185 Å². The maximum atomic E-state index is 5.38. The maximum Gasteiger partial charge on any atom is 0.136 e. The lowest BCUT2D eigenvalue weighted by molar-refractivity contribution is 0.196. The molecule has 0 amide bonds. The van der Waals surface area contributed by atoms with Gasteiger partial charge in [-0.1, -0.05) is 24.3 Å². The first-order valence-electron chi connectivity index (χ1n) is 10.5. The number of rotatable bonds is 9. The van der Waals surface area contributed by atoms with Crippen LogP contribution < -0.4 is 9.47 Å². The molecule has 0 fully saturated rings. The van der Waals surface area contributed by atoms with E-state index in [-0.39, 0.29) is 0 Å². The fraction of sp³-hybridized carbons (Fsp3) is 0.346. The molecule has 5 nitrogen and oxygen atoms in total. The molecule has 0 aliphatic rings. The third-order valence-electron chi connectivity index (χ3n) is 5.72. The van der Waals surface area contributed by atoms with Gasteiger partial charge in [-0.05, 0) is 67.7 Å². The zero-order chi connectivity index (χ0) is 22.4. The van der Waals surface area contributed by atoms with Gasteiger partial charge in [0.2, 0.25) is 0 Å². The maximum absolute atomic E-state index is 5.38. The van der Waals surface area contributed by atoms with E-state index in [0.717, 1.165) is 52.6 Å². The smallest absolute Gasteiger partial charge is 0.136 e. The highest BCUT2D eigenvalue weighted by Gasteiger charge is 2.19. The molecule has 0 atom stereocenters. The predicted molar refractivity (Wildman–Crippen MR) is 126 cm³/mol. The normalized spacial score (nSPS) is 10.8. The number of aryl methyl sites for hydroxylation is 1. The summed E-state index contributed by atoms with van der Waals surface area (Å²) in [6, 6.07) is 16.4. The minimum Gasteiger partial charge on any atom is -0.497 e. The average Bonchev–Trinajstić information content (AvgIpc) is 3.06. The molecule has 0 unspecified atom stereocenters. The van der Waals surface area contributed by atoms with E-state index in [1.165, 1.54) is 11.3 Å². The van der Waals surface area contributed by atoms with Crippen molar-refractivity contribution in [3.63, 3.8) is 0 Å². The van der Waals surface area contributed by atoms with E-state index in [4.69, 9.17) is 19.2 Å². The number of benzene rings is 2. The van der Waals surface area contributed by atoms with Gasteiger partial charge in [-0.15, -0.1) is 0 Å². The molecular weight excluding hydrogens is 388 g/mol. The highest BCUT2D eigenvalue weighted by molar-refractivity contribution is 5.97. The molecule has 0 saturated carbocycles. The van der Waals surface area contributed by atoms with E-state index in [0.29, 0.717) is 6.61 Å². The van der Waals surface area contributed by atoms with Crippen molar-refractivity contribution in [2.75, 3.05) is 27.9 Å². The lowest BCUT2D eigenvalue weighted by atomic mass is 9.90. The molecule has 164 valence electrons. The first-order chi connectivity index (χ1) is 15.0. The number of allylic oxidation sites excluding steroid dienone is 1. The summed E-state index contributed by atoms with van der Waals surface area (Å²) in [6.07, 6.45) is 1.76. The summed E-state index contributed by atoms with van der Waals surface area (Å²) in [6.45, 7) is 4.87. The summed E-state index contributed by atoms with van der Waals surface area (Å²) >= 11 is 0. The third kappa shape index (κ3) is 5.00. The van der Waals surface area contributed by atoms with Gasteiger partial charge >= 0.3 is 0 Å². The number of hydrogen-bond donors (Lipinski definition) is 0. The van der Waals surface area contributed by atoms with Crippen molar-refractivity contribution in [2.45, 2.75) is 26.7 Å². The standard InChI is InChI=1S/C26H32N2O3/c1-18-19(2)28(3)26(27-18)24(8-7-17-29-4)25(20-9-13-22(30-5)14-10-20)21-11-15-23(31-6)16-12-21/h9-16H,7-8,17H2,1-6H3. The van der Waals surface area contributed by atoms with Crippen LogP contribution in [-0.4, -0.2) is 37.5 Å². The largest absolute Gasteiger partial charge is 0.497 e. The molecule has 0 saturated heterocycles. The second kappa shape index (κ2) is 10.3. The molecule has 5 heteroatoms. The van der Waals surface area contributed by atoms with E-state index in [1.807, 2.05) is 24.3 Å². The van der Waals surface area contributed by atoms with E-state index in [9.17, 15) is 0 Å². The fourth-order valence-corrected chi connectivity index (χ4v) is 3.76. The molecule has 3 rings (SSSR count). The molecule has 1 heterocycles. The topological polar surface area (TPSA) is 45.5 Å². The minimum atomic E-state index is 0.699. The highest BCUT2D eigenvalue weighted by Crippen LogP contribution is 2.36. The van der Waals surface area contributed by atoms with Crippen LogP contribution in [0, 0.1) is 13.8 Å². The quantitative estimate of drug-likeness (QED) is 0.433. The van der Waals surface area contributed by atoms with Crippen LogP contribution >= 0.6 is 0 Å². The van der Waals surface area contributed by atoms with Gasteiger partial charge in [0, 0.05) is 32.0 Å². The van der Waals surface area contributed by atoms with Crippen LogP contribution in [0.3, 0.4) is 0 Å². The number of aromatic nitrogens is 2. The fourth-order valence-electron chi connectivity index (χ4n) is 3.76. The van der Waals surface area contributed by atoms with Gasteiger partial charge in [0.05, 0.1) is 19.9 Å². The molecule has 0 aliphatic carbocycles. The molecule has 0 N–H and O–H groups in total. The van der Waals surface area contributed by atoms with Crippen LogP contribution in [0.1, 0.15) is 41.2 Å². The zero-order valence-corrected chi connectivity index (χ0v) is 19.4. The Morgan fingerprint density at radius 1 is 0.839 bits per heavy atom. The Bertz CT molecular complexity index is 982. The second-order valence-corrected chi connectivity index (χ2v) is 7.57. The molecule has 1 aromatic heterocycles. The van der Waals surface area contributed by atoms with Crippen LogP contribution in [0.4, 0.5) is 0 Å². The van der Waals surface area contributed by atoms with Gasteiger partial charge in [-0.2, -0.15) is 0 Å². The molecule has 31 heavy (non-hydrogen) atoms. The molecule has 0 bridgehead atoms. The summed E-state index contributed by atoms with van der Waals surface area (Å²) in [5.74, 6) is 2.66. The zero-order valence-electron chi connectivity index (χ0n) is 19.4. The van der Waals surface area contributed by atoms with Gasteiger partial charge in [-0.3, -0.25) is 0 Å². The van der Waals surface area contributed by atoms with Crippen LogP contribution in [0.15, 0.2) is 48.5 Å². The van der Waals surface area contributed by atoms with Crippen molar-refractivity contribution in [1.29, 1.82) is 0 Å². The predicted octanol–water partition coefficient (Wildman–Crippen LogP) is 5.44. The van der Waals surface area contributed by atoms with E-state index in [2.05, 4.69) is 49.7 Å². The number of nitrogens with zero attached hydrogens (tertiary/aromatic N) is 2. The second-order valence-electron chi connectivity index (χ2n) is 7.57. The van der Waals surface area contributed by atoms with Crippen molar-refractivity contribution >= 4 is 11.1 Å². The Kier molecular flexibility index (Phi) is 7.53. The van der Waals surface area contributed by atoms with Crippen molar-refractivity contribution < 1.29 is 14.2 Å². The van der Waals surface area contributed by atoms with E-state index >= 15 is 0 Å². The number of hydrogen-bond acceptors (Lipinski definition) is 4. The first-order valence-corrected chi connectivity index (χ1v) is 10.5. The lowest BCUT2D eigenvalue weighted by Crippen LogP contribution is -2.04. The Morgan fingerprint density at radius 2 is 1.35 bits per heavy atom. The summed E-state index contributed by atoms with van der Waals surface area (Å²) < 4.78 is 18.3. The summed E-state index contributed by atoms with van der Waals surface area (Å²) in [5.41, 5.74) is 6.82. The van der Waals surface area contributed by atoms with Crippen LogP contribution in [0.25, 0.3) is 11.1 Å². The Balaban J connectivity index is 2.27. The molecular formula is C26H32N2O3. The Hall–Kier alpha value is -3.05. The minimum absolute atomic E-state index is 0.699. The molecule has 0 radical (unpaired) electrons. The Morgan fingerprint density at radius 3 is 1.74 bits per heavy atom. The van der Waals surface area contributed by atoms with E-state index < -0.39 is 0 Å². The molecule has 0 spiro atoms. The van der Waals surface area contributed by atoms with Crippen molar-refractivity contribution in [3.8, 4) is 11.5 Å². The van der Waals surface area contributed by atoms with Crippen molar-refractivity contribution in [2.24, 2.45) is 7.05 Å². The third-order valence-corrected chi connectivity index (χ3v) is 5.72. The average molecular weight is 421 g/mol. The number of methoxy groups -OCH3 is 3. The number of ether oxygens (including phenoxy) is 3. The van der Waals surface area contributed by atoms with Gasteiger partial charge in [0.15, 0.2) is 0 Å². The summed E-state index contributed by atoms with van der Waals surface area (Å²) in [4.78, 5) is 4.94. The van der Waals surface area contributed by atoms with Crippen LogP contribution in [0.5, 0.6) is 11.5 Å². The van der Waals surface area contributed by atoms with Crippen LogP contribution in [0.2, 0.25) is 0 Å².